The van der Waals surface area contributed by atoms with Crippen molar-refractivity contribution in [3.8, 4) is 11.1 Å². The Labute approximate surface area is 202 Å². The Bertz CT molecular complexity index is 1340. The number of anilines is 1. The third-order valence-corrected chi connectivity index (χ3v) is 7.06. The molecule has 3 aromatic rings. The van der Waals surface area contributed by atoms with E-state index in [1.165, 1.54) is 18.2 Å². The topological polar surface area (TPSA) is 133 Å². The van der Waals surface area contributed by atoms with Crippen LogP contribution < -0.4 is 10.0 Å². The van der Waals surface area contributed by atoms with E-state index in [2.05, 4.69) is 10.0 Å². The SMILES string of the molecule is Cc1cc(S(=O)(=O)Nc2cccc(-c3ccc(C(=O)N[C@@H](CO)C(=O)O)cc3)c2)c(C)cc1Cl. The Hall–Kier alpha value is -3.40. The number of hydrogen-bond acceptors (Lipinski definition) is 5. The number of sulfonamides is 1. The fourth-order valence-electron chi connectivity index (χ4n) is 3.26. The minimum Gasteiger partial charge on any atom is -0.480 e. The van der Waals surface area contributed by atoms with Gasteiger partial charge in [-0.15, -0.1) is 0 Å². The lowest BCUT2D eigenvalue weighted by Gasteiger charge is -2.13. The minimum atomic E-state index is -3.85. The fraction of sp³-hybridized carbons (Fsp3) is 0.167. The van der Waals surface area contributed by atoms with E-state index in [1.54, 1.807) is 56.3 Å². The number of benzene rings is 3. The number of carboxylic acids is 1. The summed E-state index contributed by atoms with van der Waals surface area (Å²) >= 11 is 6.08. The summed E-state index contributed by atoms with van der Waals surface area (Å²) < 4.78 is 28.5. The Morgan fingerprint density at radius 3 is 2.26 bits per heavy atom. The largest absolute Gasteiger partial charge is 0.480 e. The van der Waals surface area contributed by atoms with Crippen LogP contribution in [0.1, 0.15) is 21.5 Å². The zero-order valence-electron chi connectivity index (χ0n) is 18.4. The lowest BCUT2D eigenvalue weighted by molar-refractivity contribution is -0.140. The van der Waals surface area contributed by atoms with Crippen LogP contribution in [0.2, 0.25) is 5.02 Å². The van der Waals surface area contributed by atoms with Crippen LogP contribution in [0, 0.1) is 13.8 Å². The van der Waals surface area contributed by atoms with Crippen molar-refractivity contribution in [3.05, 3.63) is 82.4 Å². The number of halogens is 1. The first-order chi connectivity index (χ1) is 16.0. The highest BCUT2D eigenvalue weighted by molar-refractivity contribution is 7.92. The molecule has 0 bridgehead atoms. The van der Waals surface area contributed by atoms with E-state index >= 15 is 0 Å². The van der Waals surface area contributed by atoms with Gasteiger partial charge < -0.3 is 15.5 Å². The first-order valence-corrected chi connectivity index (χ1v) is 12.0. The van der Waals surface area contributed by atoms with Crippen molar-refractivity contribution in [1.29, 1.82) is 0 Å². The molecule has 0 saturated heterocycles. The molecule has 0 fully saturated rings. The number of carbonyl (C=O) groups is 2. The normalized spacial score (nSPS) is 12.1. The minimum absolute atomic E-state index is 0.137. The van der Waals surface area contributed by atoms with Gasteiger partial charge in [0.2, 0.25) is 0 Å². The highest BCUT2D eigenvalue weighted by Gasteiger charge is 2.20. The fourth-order valence-corrected chi connectivity index (χ4v) is 4.84. The van der Waals surface area contributed by atoms with Gasteiger partial charge in [0.1, 0.15) is 0 Å². The van der Waals surface area contributed by atoms with Crippen LogP contribution >= 0.6 is 11.6 Å². The van der Waals surface area contributed by atoms with E-state index < -0.39 is 34.5 Å². The molecule has 0 radical (unpaired) electrons. The summed E-state index contributed by atoms with van der Waals surface area (Å²) in [6.07, 6.45) is 0. The molecule has 0 aliphatic rings. The zero-order chi connectivity index (χ0) is 25.0. The predicted octanol–water partition coefficient (Wildman–Crippen LogP) is 3.60. The van der Waals surface area contributed by atoms with E-state index in [0.29, 0.717) is 33.0 Å². The molecule has 10 heteroatoms. The molecule has 3 aromatic carbocycles. The molecular weight excluding hydrogens is 480 g/mol. The molecule has 178 valence electrons. The van der Waals surface area contributed by atoms with Crippen LogP contribution in [0.3, 0.4) is 0 Å². The van der Waals surface area contributed by atoms with Crippen molar-refractivity contribution in [2.45, 2.75) is 24.8 Å². The van der Waals surface area contributed by atoms with Crippen LogP contribution in [0.15, 0.2) is 65.6 Å². The van der Waals surface area contributed by atoms with Gasteiger partial charge in [0.25, 0.3) is 15.9 Å². The standard InChI is InChI=1S/C24H23ClN2O6S/c1-14-11-22(15(2)10-20(14)25)34(32,33)27-19-5-3-4-18(12-19)16-6-8-17(9-7-16)23(29)26-21(13-28)24(30)31/h3-12,21,27-28H,13H2,1-2H3,(H,26,29)(H,30,31)/t21-/m0/s1. The molecule has 1 amide bonds. The maximum Gasteiger partial charge on any atom is 0.328 e. The molecule has 4 N–H and O–H groups in total. The van der Waals surface area contributed by atoms with Gasteiger partial charge in [-0.25, -0.2) is 13.2 Å². The Balaban J connectivity index is 1.81. The Morgan fingerprint density at radius 1 is 0.971 bits per heavy atom. The van der Waals surface area contributed by atoms with Crippen molar-refractivity contribution < 1.29 is 28.2 Å². The maximum absolute atomic E-state index is 13.0. The van der Waals surface area contributed by atoms with Gasteiger partial charge in [-0.3, -0.25) is 9.52 Å². The highest BCUT2D eigenvalue weighted by atomic mass is 35.5. The van der Waals surface area contributed by atoms with Gasteiger partial charge in [-0.05, 0) is 72.5 Å². The summed E-state index contributed by atoms with van der Waals surface area (Å²) in [5.41, 5.74) is 3.18. The molecule has 0 unspecified atom stereocenters. The first-order valence-electron chi connectivity index (χ1n) is 10.2. The van der Waals surface area contributed by atoms with Crippen LogP contribution in [0.5, 0.6) is 0 Å². The smallest absolute Gasteiger partial charge is 0.328 e. The van der Waals surface area contributed by atoms with Gasteiger partial charge in [0, 0.05) is 16.3 Å². The van der Waals surface area contributed by atoms with Gasteiger partial charge in [-0.1, -0.05) is 35.9 Å². The number of aliphatic carboxylic acids is 1. The second kappa shape index (κ2) is 10.3. The first kappa shape index (κ1) is 25.2. The Morgan fingerprint density at radius 2 is 1.65 bits per heavy atom. The molecule has 0 aliphatic heterocycles. The Kier molecular flexibility index (Phi) is 7.61. The monoisotopic (exact) mass is 502 g/mol. The van der Waals surface area contributed by atoms with Crippen molar-refractivity contribution in [3.63, 3.8) is 0 Å². The quantitative estimate of drug-likeness (QED) is 0.372. The number of rotatable bonds is 8. The number of nitrogens with one attached hydrogen (secondary N) is 2. The maximum atomic E-state index is 13.0. The molecule has 3 rings (SSSR count). The van der Waals surface area contributed by atoms with E-state index in [9.17, 15) is 18.0 Å². The zero-order valence-corrected chi connectivity index (χ0v) is 19.9. The van der Waals surface area contributed by atoms with Crippen LogP contribution in [-0.4, -0.2) is 43.2 Å². The van der Waals surface area contributed by atoms with E-state index in [1.807, 2.05) is 0 Å². The molecule has 0 saturated carbocycles. The summed E-state index contributed by atoms with van der Waals surface area (Å²) in [6, 6.07) is 14.9. The highest BCUT2D eigenvalue weighted by Crippen LogP contribution is 2.28. The second-order valence-electron chi connectivity index (χ2n) is 7.68. The van der Waals surface area contributed by atoms with Crippen molar-refractivity contribution in [2.75, 3.05) is 11.3 Å². The summed E-state index contributed by atoms with van der Waals surface area (Å²) in [7, 11) is -3.85. The number of carbonyl (C=O) groups excluding carboxylic acids is 1. The summed E-state index contributed by atoms with van der Waals surface area (Å²) in [6.45, 7) is 2.68. The molecule has 0 aromatic heterocycles. The molecule has 0 spiro atoms. The molecule has 8 nitrogen and oxygen atoms in total. The number of amides is 1. The number of carboxylic acid groups (broad SMARTS) is 1. The van der Waals surface area contributed by atoms with Gasteiger partial charge >= 0.3 is 5.97 Å². The lowest BCUT2D eigenvalue weighted by Crippen LogP contribution is -2.43. The molecular formula is C24H23ClN2O6S. The second-order valence-corrected chi connectivity index (χ2v) is 9.74. The third-order valence-electron chi connectivity index (χ3n) is 5.13. The molecule has 0 heterocycles. The van der Waals surface area contributed by atoms with Crippen LogP contribution in [-0.2, 0) is 14.8 Å². The summed E-state index contributed by atoms with van der Waals surface area (Å²) in [5, 5.41) is 20.7. The molecule has 34 heavy (non-hydrogen) atoms. The number of aliphatic hydroxyl groups excluding tert-OH is 1. The van der Waals surface area contributed by atoms with E-state index in [4.69, 9.17) is 21.8 Å². The summed E-state index contributed by atoms with van der Waals surface area (Å²) in [5.74, 6) is -1.97. The van der Waals surface area contributed by atoms with E-state index in [0.717, 1.165) is 0 Å². The predicted molar refractivity (Wildman–Crippen MR) is 130 cm³/mol. The number of hydrogen-bond donors (Lipinski definition) is 4. The average molecular weight is 503 g/mol. The van der Waals surface area contributed by atoms with Crippen LogP contribution in [0.4, 0.5) is 5.69 Å². The van der Waals surface area contributed by atoms with Crippen molar-refractivity contribution in [1.82, 2.24) is 5.32 Å². The molecule has 0 aliphatic carbocycles. The van der Waals surface area contributed by atoms with Gasteiger partial charge in [-0.2, -0.15) is 0 Å². The number of aliphatic hydroxyl groups is 1. The van der Waals surface area contributed by atoms with Crippen molar-refractivity contribution >= 4 is 39.2 Å². The van der Waals surface area contributed by atoms with Crippen molar-refractivity contribution in [2.24, 2.45) is 0 Å². The summed E-state index contributed by atoms with van der Waals surface area (Å²) in [4.78, 5) is 23.3. The van der Waals surface area contributed by atoms with E-state index in [-0.39, 0.29) is 10.5 Å². The average Bonchev–Trinajstić information content (AvgIpc) is 2.79. The van der Waals surface area contributed by atoms with Gasteiger partial charge in [0.05, 0.1) is 11.5 Å². The lowest BCUT2D eigenvalue weighted by atomic mass is 10.0. The van der Waals surface area contributed by atoms with Gasteiger partial charge in [0.15, 0.2) is 6.04 Å². The number of aryl methyl sites for hydroxylation is 2. The third kappa shape index (κ3) is 5.74. The van der Waals surface area contributed by atoms with Crippen LogP contribution in [0.25, 0.3) is 11.1 Å². The molecule has 1 atom stereocenters.